The highest BCUT2D eigenvalue weighted by atomic mass is 32.1. The fourth-order valence-electron chi connectivity index (χ4n) is 4.52. The first kappa shape index (κ1) is 30.0. The summed E-state index contributed by atoms with van der Waals surface area (Å²) in [7, 11) is 0. The Balaban J connectivity index is 1.33. The van der Waals surface area contributed by atoms with Gasteiger partial charge >= 0.3 is 5.97 Å². The number of amides is 2. The average molecular weight is 576 g/mol. The zero-order chi connectivity index (χ0) is 29.6. The molecule has 1 atom stereocenters. The first-order valence-corrected chi connectivity index (χ1v) is 14.7. The maximum absolute atomic E-state index is 13.0. The largest absolute Gasteiger partial charge is 0.481 e. The summed E-state index contributed by atoms with van der Waals surface area (Å²) in [5.74, 6) is -0.704. The van der Waals surface area contributed by atoms with Crippen LogP contribution in [0, 0.1) is 0 Å². The topological polar surface area (TPSA) is 106 Å². The normalized spacial score (nSPS) is 13.8. The van der Waals surface area contributed by atoms with Crippen molar-refractivity contribution in [2.24, 2.45) is 5.10 Å². The molecule has 2 amide bonds. The molecule has 41 heavy (non-hydrogen) atoms. The minimum atomic E-state index is -0.806. The van der Waals surface area contributed by atoms with Crippen molar-refractivity contribution >= 4 is 40.3 Å². The summed E-state index contributed by atoms with van der Waals surface area (Å²) >= 11 is 1.45. The van der Waals surface area contributed by atoms with Crippen molar-refractivity contribution in [1.82, 2.24) is 5.43 Å². The zero-order valence-electron chi connectivity index (χ0n) is 24.2. The van der Waals surface area contributed by atoms with Crippen molar-refractivity contribution in [2.45, 2.75) is 71.8 Å². The number of aryl methyl sites for hydroxylation is 1. The Kier molecular flexibility index (Phi) is 9.60. The van der Waals surface area contributed by atoms with E-state index in [9.17, 15) is 14.4 Å². The van der Waals surface area contributed by atoms with Gasteiger partial charge in [0.25, 0.3) is 11.8 Å². The fourth-order valence-corrected chi connectivity index (χ4v) is 5.79. The van der Waals surface area contributed by atoms with Gasteiger partial charge in [0.15, 0.2) is 6.10 Å². The van der Waals surface area contributed by atoms with Gasteiger partial charge in [-0.2, -0.15) is 5.10 Å². The molecular weight excluding hydrogens is 538 g/mol. The van der Waals surface area contributed by atoms with E-state index in [1.807, 2.05) is 24.3 Å². The van der Waals surface area contributed by atoms with Crippen LogP contribution >= 0.6 is 11.3 Å². The number of hydrazone groups is 1. The molecular formula is C32H37N3O5S. The number of carbonyl (C=O) groups is 3. The fraction of sp³-hybridized carbons (Fsp3) is 0.375. The standard InChI is InChI=1S/C32H37N3O5S/c1-6-39-31(38)27-25-9-7-8-10-26(25)41-30(27)34-29(37)22-13-17-24(18-14-22)40-20(2)28(36)35-33-19-21-11-15-23(16-12-21)32(3,4)5/h11-20H,6-10H2,1-5H3,(H,34,37)(H,35,36)/b33-19-/t20-/m0/s1. The maximum atomic E-state index is 13.0. The van der Waals surface area contributed by atoms with Crippen molar-refractivity contribution in [2.75, 3.05) is 11.9 Å². The number of benzene rings is 2. The number of nitrogens with zero attached hydrogens (tertiary/aromatic N) is 1. The van der Waals surface area contributed by atoms with E-state index in [1.54, 1.807) is 44.3 Å². The molecule has 0 unspecified atom stereocenters. The van der Waals surface area contributed by atoms with Gasteiger partial charge in [0, 0.05) is 10.4 Å². The van der Waals surface area contributed by atoms with Gasteiger partial charge < -0.3 is 14.8 Å². The number of thiophene rings is 1. The van der Waals surface area contributed by atoms with Crippen LogP contribution in [-0.2, 0) is 27.8 Å². The summed E-state index contributed by atoms with van der Waals surface area (Å²) in [4.78, 5) is 39.3. The molecule has 1 heterocycles. The van der Waals surface area contributed by atoms with Crippen LogP contribution in [-0.4, -0.2) is 36.7 Å². The Bertz CT molecular complexity index is 1420. The number of fused-ring (bicyclic) bond motifs is 1. The predicted molar refractivity (Wildman–Crippen MR) is 162 cm³/mol. The number of hydrogen-bond acceptors (Lipinski definition) is 7. The van der Waals surface area contributed by atoms with Crippen LogP contribution in [0.5, 0.6) is 5.75 Å². The summed E-state index contributed by atoms with van der Waals surface area (Å²) in [6.07, 6.45) is 4.57. The van der Waals surface area contributed by atoms with Crippen molar-refractivity contribution in [3.8, 4) is 5.75 Å². The van der Waals surface area contributed by atoms with Crippen LogP contribution in [0.25, 0.3) is 0 Å². The lowest BCUT2D eigenvalue weighted by molar-refractivity contribution is -0.127. The lowest BCUT2D eigenvalue weighted by Crippen LogP contribution is -2.33. The van der Waals surface area contributed by atoms with Crippen LogP contribution < -0.4 is 15.5 Å². The van der Waals surface area contributed by atoms with E-state index < -0.39 is 18.0 Å². The van der Waals surface area contributed by atoms with Crippen LogP contribution in [0.4, 0.5) is 5.00 Å². The second-order valence-electron chi connectivity index (χ2n) is 11.0. The molecule has 1 aromatic heterocycles. The number of anilines is 1. The van der Waals surface area contributed by atoms with Gasteiger partial charge in [-0.25, -0.2) is 10.2 Å². The molecule has 1 aliphatic rings. The van der Waals surface area contributed by atoms with Crippen LogP contribution in [0.15, 0.2) is 53.6 Å². The molecule has 8 nitrogen and oxygen atoms in total. The van der Waals surface area contributed by atoms with E-state index in [2.05, 4.69) is 36.6 Å². The first-order valence-electron chi connectivity index (χ1n) is 13.9. The maximum Gasteiger partial charge on any atom is 0.341 e. The van der Waals surface area contributed by atoms with Crippen LogP contribution in [0.2, 0.25) is 0 Å². The summed E-state index contributed by atoms with van der Waals surface area (Å²) in [5, 5.41) is 7.47. The molecule has 0 aliphatic heterocycles. The van der Waals surface area contributed by atoms with Gasteiger partial charge in [-0.15, -0.1) is 11.3 Å². The van der Waals surface area contributed by atoms with E-state index in [0.29, 0.717) is 21.9 Å². The number of rotatable bonds is 9. The summed E-state index contributed by atoms with van der Waals surface area (Å²) in [5.41, 5.74) is 6.53. The first-order chi connectivity index (χ1) is 19.6. The van der Waals surface area contributed by atoms with Crippen molar-refractivity contribution in [3.05, 3.63) is 81.2 Å². The molecule has 0 saturated carbocycles. The lowest BCUT2D eigenvalue weighted by Gasteiger charge is -2.18. The smallest absolute Gasteiger partial charge is 0.341 e. The molecule has 9 heteroatoms. The number of hydrogen-bond donors (Lipinski definition) is 2. The Labute approximate surface area is 245 Å². The third-order valence-corrected chi connectivity index (χ3v) is 8.05. The van der Waals surface area contributed by atoms with Gasteiger partial charge in [-0.1, -0.05) is 45.0 Å². The molecule has 2 aromatic carbocycles. The number of ether oxygens (including phenoxy) is 2. The highest BCUT2D eigenvalue weighted by molar-refractivity contribution is 7.17. The number of carbonyl (C=O) groups excluding carboxylic acids is 3. The molecule has 3 aromatic rings. The molecule has 0 bridgehead atoms. The average Bonchev–Trinajstić information content (AvgIpc) is 3.31. The predicted octanol–water partition coefficient (Wildman–Crippen LogP) is 6.27. The van der Waals surface area contributed by atoms with Gasteiger partial charge in [-0.3, -0.25) is 9.59 Å². The summed E-state index contributed by atoms with van der Waals surface area (Å²) in [6, 6.07) is 14.5. The second kappa shape index (κ2) is 13.1. The molecule has 1 aliphatic carbocycles. The van der Waals surface area contributed by atoms with E-state index in [1.165, 1.54) is 16.9 Å². The Morgan fingerprint density at radius 2 is 1.71 bits per heavy atom. The molecule has 0 fully saturated rings. The number of nitrogens with one attached hydrogen (secondary N) is 2. The third kappa shape index (κ3) is 7.61. The highest BCUT2D eigenvalue weighted by Gasteiger charge is 2.27. The monoisotopic (exact) mass is 575 g/mol. The number of esters is 1. The van der Waals surface area contributed by atoms with Gasteiger partial charge in [-0.05, 0) is 85.9 Å². The van der Waals surface area contributed by atoms with Gasteiger partial charge in [0.05, 0.1) is 18.4 Å². The highest BCUT2D eigenvalue weighted by Crippen LogP contribution is 2.39. The molecule has 0 radical (unpaired) electrons. The van der Waals surface area contributed by atoms with E-state index in [0.717, 1.165) is 41.7 Å². The third-order valence-electron chi connectivity index (χ3n) is 6.84. The second-order valence-corrected chi connectivity index (χ2v) is 12.1. The summed E-state index contributed by atoms with van der Waals surface area (Å²) < 4.78 is 11.0. The van der Waals surface area contributed by atoms with Crippen LogP contribution in [0.1, 0.15) is 89.7 Å². The van der Waals surface area contributed by atoms with E-state index in [-0.39, 0.29) is 17.9 Å². The van der Waals surface area contributed by atoms with Crippen molar-refractivity contribution < 1.29 is 23.9 Å². The molecule has 4 rings (SSSR count). The summed E-state index contributed by atoms with van der Waals surface area (Å²) in [6.45, 7) is 10.1. The SMILES string of the molecule is CCOC(=O)c1c(NC(=O)c2ccc(O[C@@H](C)C(=O)N/N=C\c3ccc(C(C)(C)C)cc3)cc2)sc2c1CCCC2. The molecule has 2 N–H and O–H groups in total. The lowest BCUT2D eigenvalue weighted by atomic mass is 9.87. The Morgan fingerprint density at radius 1 is 1.02 bits per heavy atom. The molecule has 0 saturated heterocycles. The minimum absolute atomic E-state index is 0.0654. The molecule has 216 valence electrons. The Morgan fingerprint density at radius 3 is 2.37 bits per heavy atom. The Hall–Kier alpha value is -3.98. The van der Waals surface area contributed by atoms with Gasteiger partial charge in [0.1, 0.15) is 10.8 Å². The van der Waals surface area contributed by atoms with Crippen molar-refractivity contribution in [1.29, 1.82) is 0 Å². The van der Waals surface area contributed by atoms with E-state index >= 15 is 0 Å². The van der Waals surface area contributed by atoms with E-state index in [4.69, 9.17) is 9.47 Å². The quantitative estimate of drug-likeness (QED) is 0.178. The molecule has 0 spiro atoms. The minimum Gasteiger partial charge on any atom is -0.481 e. The van der Waals surface area contributed by atoms with Crippen molar-refractivity contribution in [3.63, 3.8) is 0 Å². The van der Waals surface area contributed by atoms with Gasteiger partial charge in [0.2, 0.25) is 0 Å². The zero-order valence-corrected chi connectivity index (χ0v) is 25.0. The van der Waals surface area contributed by atoms with Crippen LogP contribution in [0.3, 0.4) is 0 Å².